The van der Waals surface area contributed by atoms with Gasteiger partial charge in [-0.05, 0) is 43.7 Å². The predicted octanol–water partition coefficient (Wildman–Crippen LogP) is 2.86. The fraction of sp³-hybridized carbons (Fsp3) is 0.167. The van der Waals surface area contributed by atoms with E-state index in [4.69, 9.17) is 0 Å². The summed E-state index contributed by atoms with van der Waals surface area (Å²) >= 11 is 0. The highest BCUT2D eigenvalue weighted by Gasteiger charge is 2.16. The van der Waals surface area contributed by atoms with Crippen molar-refractivity contribution >= 4 is 16.8 Å². The number of H-pyrrole nitrogens is 1. The highest BCUT2D eigenvalue weighted by Crippen LogP contribution is 2.18. The Balaban J connectivity index is 1.95. The zero-order chi connectivity index (χ0) is 17.3. The van der Waals surface area contributed by atoms with E-state index in [1.54, 1.807) is 6.20 Å². The van der Waals surface area contributed by atoms with E-state index in [0.29, 0.717) is 10.9 Å². The van der Waals surface area contributed by atoms with Crippen LogP contribution in [-0.4, -0.2) is 15.9 Å². The Hall–Kier alpha value is -3.02. The van der Waals surface area contributed by atoms with Gasteiger partial charge in [0.1, 0.15) is 5.82 Å². The summed E-state index contributed by atoms with van der Waals surface area (Å²) in [4.78, 5) is 31.1. The van der Waals surface area contributed by atoms with E-state index in [9.17, 15) is 14.0 Å². The van der Waals surface area contributed by atoms with Crippen LogP contribution in [0.3, 0.4) is 0 Å². The van der Waals surface area contributed by atoms with Crippen molar-refractivity contribution in [3.63, 3.8) is 0 Å². The molecule has 0 unspecified atom stereocenters. The number of hydrogen-bond acceptors (Lipinski definition) is 3. The lowest BCUT2D eigenvalue weighted by atomic mass is 10.1. The van der Waals surface area contributed by atoms with Gasteiger partial charge >= 0.3 is 0 Å². The van der Waals surface area contributed by atoms with E-state index < -0.39 is 17.3 Å². The maximum atomic E-state index is 13.5. The number of aryl methyl sites for hydroxylation is 1. The standard InChI is InChI=1S/C18H16FN3O2/c1-10-3-4-12(9-20-10)11(2)21-18(24)15-8-17(23)22-16-6-5-13(19)7-14(15)16/h3-9,11H,1-2H3,(H,21,24)(H,22,23)/t11-/m1/s1. The average Bonchev–Trinajstić information content (AvgIpc) is 2.55. The summed E-state index contributed by atoms with van der Waals surface area (Å²) in [5.41, 5.74) is 1.87. The minimum absolute atomic E-state index is 0.139. The summed E-state index contributed by atoms with van der Waals surface area (Å²) in [6.07, 6.45) is 1.69. The molecule has 0 aliphatic carbocycles. The molecule has 3 aromatic rings. The number of aromatic nitrogens is 2. The lowest BCUT2D eigenvalue weighted by Gasteiger charge is -2.15. The molecule has 0 fully saturated rings. The second-order valence-corrected chi connectivity index (χ2v) is 5.67. The summed E-state index contributed by atoms with van der Waals surface area (Å²) in [5.74, 6) is -0.913. The molecular weight excluding hydrogens is 309 g/mol. The Labute approximate surface area is 137 Å². The Kier molecular flexibility index (Phi) is 4.12. The summed E-state index contributed by atoms with van der Waals surface area (Å²) in [5, 5.41) is 3.18. The molecule has 5 nitrogen and oxygen atoms in total. The number of hydrogen-bond donors (Lipinski definition) is 2. The highest BCUT2D eigenvalue weighted by molar-refractivity contribution is 6.06. The highest BCUT2D eigenvalue weighted by atomic mass is 19.1. The number of nitrogens with one attached hydrogen (secondary N) is 2. The fourth-order valence-corrected chi connectivity index (χ4v) is 2.51. The minimum Gasteiger partial charge on any atom is -0.345 e. The van der Waals surface area contributed by atoms with Crippen LogP contribution >= 0.6 is 0 Å². The molecular formula is C18H16FN3O2. The number of carbonyl (C=O) groups excluding carboxylic acids is 1. The molecule has 0 radical (unpaired) electrons. The molecule has 6 heteroatoms. The lowest BCUT2D eigenvalue weighted by Crippen LogP contribution is -2.28. The molecule has 0 bridgehead atoms. The molecule has 2 aromatic heterocycles. The van der Waals surface area contributed by atoms with E-state index in [-0.39, 0.29) is 11.6 Å². The summed E-state index contributed by atoms with van der Waals surface area (Å²) in [7, 11) is 0. The van der Waals surface area contributed by atoms with Gasteiger partial charge in [-0.15, -0.1) is 0 Å². The van der Waals surface area contributed by atoms with Gasteiger partial charge in [-0.2, -0.15) is 0 Å². The number of amides is 1. The minimum atomic E-state index is -0.473. The molecule has 2 N–H and O–H groups in total. The molecule has 24 heavy (non-hydrogen) atoms. The van der Waals surface area contributed by atoms with E-state index in [2.05, 4.69) is 15.3 Å². The zero-order valence-corrected chi connectivity index (χ0v) is 13.3. The molecule has 1 amide bonds. The second kappa shape index (κ2) is 6.23. The molecule has 1 aromatic carbocycles. The second-order valence-electron chi connectivity index (χ2n) is 5.67. The monoisotopic (exact) mass is 325 g/mol. The van der Waals surface area contributed by atoms with Crippen molar-refractivity contribution in [2.24, 2.45) is 0 Å². The molecule has 122 valence electrons. The summed E-state index contributed by atoms with van der Waals surface area (Å²) < 4.78 is 13.5. The normalized spacial score (nSPS) is 12.1. The average molecular weight is 325 g/mol. The van der Waals surface area contributed by atoms with Crippen LogP contribution in [-0.2, 0) is 0 Å². The lowest BCUT2D eigenvalue weighted by molar-refractivity contribution is 0.0941. The van der Waals surface area contributed by atoms with Crippen LogP contribution in [0, 0.1) is 12.7 Å². The van der Waals surface area contributed by atoms with Gasteiger partial charge in [-0.1, -0.05) is 6.07 Å². The molecule has 3 rings (SSSR count). The SMILES string of the molecule is Cc1ccc([C@@H](C)NC(=O)c2cc(=O)[nH]c3ccc(F)cc23)cn1. The van der Waals surface area contributed by atoms with E-state index >= 15 is 0 Å². The van der Waals surface area contributed by atoms with E-state index in [1.165, 1.54) is 24.3 Å². The van der Waals surface area contributed by atoms with Crippen molar-refractivity contribution in [3.8, 4) is 0 Å². The van der Waals surface area contributed by atoms with Gasteiger partial charge < -0.3 is 10.3 Å². The smallest absolute Gasteiger partial charge is 0.252 e. The molecule has 0 saturated heterocycles. The van der Waals surface area contributed by atoms with Crippen LogP contribution in [0.5, 0.6) is 0 Å². The molecule has 0 aliphatic rings. The maximum absolute atomic E-state index is 13.5. The zero-order valence-electron chi connectivity index (χ0n) is 13.3. The van der Waals surface area contributed by atoms with E-state index in [1.807, 2.05) is 26.0 Å². The number of nitrogens with zero attached hydrogens (tertiary/aromatic N) is 1. The summed E-state index contributed by atoms with van der Waals surface area (Å²) in [6.45, 7) is 3.70. The van der Waals surface area contributed by atoms with Gasteiger partial charge in [0.15, 0.2) is 0 Å². The van der Waals surface area contributed by atoms with Gasteiger partial charge in [-0.25, -0.2) is 4.39 Å². The first kappa shape index (κ1) is 15.9. The van der Waals surface area contributed by atoms with Crippen LogP contribution < -0.4 is 10.9 Å². The quantitative estimate of drug-likeness (QED) is 0.777. The molecule has 2 heterocycles. The number of halogens is 1. The van der Waals surface area contributed by atoms with E-state index in [0.717, 1.165) is 11.3 Å². The maximum Gasteiger partial charge on any atom is 0.252 e. The Bertz CT molecular complexity index is 964. The first-order valence-corrected chi connectivity index (χ1v) is 7.50. The van der Waals surface area contributed by atoms with Crippen LogP contribution in [0.15, 0.2) is 47.4 Å². The van der Waals surface area contributed by atoms with Crippen LogP contribution in [0.4, 0.5) is 4.39 Å². The van der Waals surface area contributed by atoms with Gasteiger partial charge in [0.25, 0.3) is 5.91 Å². The number of benzene rings is 1. The number of aromatic amines is 1. The topological polar surface area (TPSA) is 74.8 Å². The van der Waals surface area contributed by atoms with Gasteiger partial charge in [-0.3, -0.25) is 14.6 Å². The van der Waals surface area contributed by atoms with Crippen molar-refractivity contribution in [3.05, 3.63) is 75.6 Å². The Morgan fingerprint density at radius 2 is 2.04 bits per heavy atom. The van der Waals surface area contributed by atoms with Gasteiger partial charge in [0.05, 0.1) is 11.6 Å². The first-order chi connectivity index (χ1) is 11.4. The fourth-order valence-electron chi connectivity index (χ4n) is 2.51. The molecule has 0 spiro atoms. The number of fused-ring (bicyclic) bond motifs is 1. The largest absolute Gasteiger partial charge is 0.345 e. The predicted molar refractivity (Wildman–Crippen MR) is 89.4 cm³/mol. The third-order valence-electron chi connectivity index (χ3n) is 3.83. The third kappa shape index (κ3) is 3.17. The van der Waals surface area contributed by atoms with Crippen molar-refractivity contribution in [1.82, 2.24) is 15.3 Å². The van der Waals surface area contributed by atoms with Crippen molar-refractivity contribution in [1.29, 1.82) is 0 Å². The first-order valence-electron chi connectivity index (χ1n) is 7.50. The Morgan fingerprint density at radius 1 is 1.25 bits per heavy atom. The van der Waals surface area contributed by atoms with Crippen molar-refractivity contribution in [2.45, 2.75) is 19.9 Å². The van der Waals surface area contributed by atoms with Crippen LogP contribution in [0.2, 0.25) is 0 Å². The van der Waals surface area contributed by atoms with Crippen molar-refractivity contribution in [2.75, 3.05) is 0 Å². The van der Waals surface area contributed by atoms with Crippen LogP contribution in [0.1, 0.15) is 34.6 Å². The van der Waals surface area contributed by atoms with Crippen LogP contribution in [0.25, 0.3) is 10.9 Å². The van der Waals surface area contributed by atoms with Gasteiger partial charge in [0, 0.05) is 28.9 Å². The molecule has 0 aliphatic heterocycles. The summed E-state index contributed by atoms with van der Waals surface area (Å²) in [6, 6.07) is 8.53. The number of pyridine rings is 2. The molecule has 1 atom stereocenters. The van der Waals surface area contributed by atoms with Crippen molar-refractivity contribution < 1.29 is 9.18 Å². The number of rotatable bonds is 3. The number of carbonyl (C=O) groups is 1. The third-order valence-corrected chi connectivity index (χ3v) is 3.83. The molecule has 0 saturated carbocycles. The Morgan fingerprint density at radius 3 is 2.75 bits per heavy atom. The van der Waals surface area contributed by atoms with Gasteiger partial charge in [0.2, 0.25) is 5.56 Å².